The van der Waals surface area contributed by atoms with Crippen LogP contribution >= 0.6 is 0 Å². The molecule has 3 aromatic carbocycles. The molecule has 27 heteroatoms. The highest BCUT2D eigenvalue weighted by Crippen LogP contribution is 2.40. The standard InChI is InChI=1S/C47H54N12O15/c1-26(60)64-25-36-41(68-27(2)61)44(69-28(3)62)45(70-29(4)63)47(72-36)74-43-38(65-22-30-14-8-5-9-15-30)33(53-57-49)20-34(54-58-50)39(43)73-46-37(55-59-51)42(67-24-32-18-12-7-13-19-32)40(35(71-46)21-52-56-48)66-23-31-16-10-6-11-17-31/h5-19,33-47H,20-25H2,1-4H3/t33-,34+,35-,36+,37-,38+,39-,40-,41+,42-,43-,44-,45+,46-,47-/m1/s1. The zero-order valence-corrected chi connectivity index (χ0v) is 40.6. The van der Waals surface area contributed by atoms with Gasteiger partial charge >= 0.3 is 23.9 Å². The zero-order chi connectivity index (χ0) is 53.0. The first-order valence-electron chi connectivity index (χ1n) is 23.2. The Morgan fingerprint density at radius 1 is 0.500 bits per heavy atom. The molecule has 0 unspecified atom stereocenters. The van der Waals surface area contributed by atoms with Gasteiger partial charge in [0.15, 0.2) is 30.9 Å². The van der Waals surface area contributed by atoms with Gasteiger partial charge in [-0.15, -0.1) is 0 Å². The lowest BCUT2D eigenvalue weighted by Crippen LogP contribution is -2.67. The minimum Gasteiger partial charge on any atom is -0.463 e. The Kier molecular flexibility index (Phi) is 21.2. The fraction of sp³-hybridized carbons (Fsp3) is 0.532. The third-order valence-electron chi connectivity index (χ3n) is 11.8. The molecule has 0 aromatic heterocycles. The molecule has 3 aromatic rings. The summed E-state index contributed by atoms with van der Waals surface area (Å²) >= 11 is 0. The average Bonchev–Trinajstić information content (AvgIpc) is 3.37. The molecular formula is C47H54N12O15. The lowest BCUT2D eigenvalue weighted by molar-refractivity contribution is -0.347. The van der Waals surface area contributed by atoms with E-state index in [-0.39, 0.29) is 32.8 Å². The molecule has 6 rings (SSSR count). The molecular weight excluding hydrogens is 973 g/mol. The van der Waals surface area contributed by atoms with Crippen molar-refractivity contribution in [2.24, 2.45) is 20.5 Å². The molecule has 1 saturated carbocycles. The van der Waals surface area contributed by atoms with E-state index in [1.807, 2.05) is 48.5 Å². The fourth-order valence-corrected chi connectivity index (χ4v) is 8.78. The summed E-state index contributed by atoms with van der Waals surface area (Å²) < 4.78 is 68.5. The molecule has 0 amide bonds. The quantitative estimate of drug-likeness (QED) is 0.0301. The Bertz CT molecular complexity index is 2550. The molecule has 2 aliphatic heterocycles. The van der Waals surface area contributed by atoms with Gasteiger partial charge in [-0.25, -0.2) is 0 Å². The van der Waals surface area contributed by atoms with E-state index in [1.54, 1.807) is 42.5 Å². The summed E-state index contributed by atoms with van der Waals surface area (Å²) in [6.07, 6.45) is -18.5. The SMILES string of the molecule is CC(=O)OC[C@@H]1O[C@H](O[C@@H]2[C@@H](OCc3ccccc3)[C@H](N=[N+]=[N-])C[C@H](N=[N+]=[N-])[C@H]2O[C@H]2O[C@H](CN=[N+]=[N-])[C@@H](OCc3ccccc3)[C@H](OCc3ccccc3)[C@H]2N=[N+]=[N-])[C@@H](OC(C)=O)[C@H](OC(C)=O)[C@H]1OC(C)=O. The molecule has 392 valence electrons. The minimum absolute atomic E-state index is 0.00998. The molecule has 74 heavy (non-hydrogen) atoms. The Labute approximate surface area is 423 Å². The molecule has 0 spiro atoms. The van der Waals surface area contributed by atoms with Crippen LogP contribution in [0, 0.1) is 0 Å². The second-order valence-corrected chi connectivity index (χ2v) is 17.0. The van der Waals surface area contributed by atoms with E-state index in [4.69, 9.17) is 52.1 Å². The van der Waals surface area contributed by atoms with Gasteiger partial charge in [-0.05, 0) is 45.2 Å². The van der Waals surface area contributed by atoms with Gasteiger partial charge in [-0.3, -0.25) is 19.2 Å². The lowest BCUT2D eigenvalue weighted by atomic mass is 9.83. The van der Waals surface area contributed by atoms with Crippen LogP contribution < -0.4 is 0 Å². The van der Waals surface area contributed by atoms with Crippen LogP contribution in [0.1, 0.15) is 50.8 Å². The highest BCUT2D eigenvalue weighted by molar-refractivity contribution is 5.68. The molecule has 2 saturated heterocycles. The number of hydrogen-bond donors (Lipinski definition) is 0. The summed E-state index contributed by atoms with van der Waals surface area (Å²) in [4.78, 5) is 62.7. The number of azide groups is 4. The smallest absolute Gasteiger partial charge is 0.303 e. The summed E-state index contributed by atoms with van der Waals surface area (Å²) in [6, 6.07) is 23.0. The van der Waals surface area contributed by atoms with Crippen LogP contribution in [-0.2, 0) is 91.1 Å². The zero-order valence-electron chi connectivity index (χ0n) is 40.6. The largest absolute Gasteiger partial charge is 0.463 e. The van der Waals surface area contributed by atoms with Crippen molar-refractivity contribution in [3.05, 3.63) is 149 Å². The van der Waals surface area contributed by atoms with Gasteiger partial charge in [0.2, 0.25) is 0 Å². The molecule has 27 nitrogen and oxygen atoms in total. The van der Waals surface area contributed by atoms with Crippen molar-refractivity contribution < 1.29 is 71.3 Å². The number of nitrogens with zero attached hydrogens (tertiary/aromatic N) is 12. The predicted molar refractivity (Wildman–Crippen MR) is 253 cm³/mol. The second-order valence-electron chi connectivity index (χ2n) is 17.0. The average molecular weight is 1030 g/mol. The maximum absolute atomic E-state index is 12.9. The van der Waals surface area contributed by atoms with Crippen LogP contribution in [0.5, 0.6) is 0 Å². The van der Waals surface area contributed by atoms with Crippen molar-refractivity contribution in [1.82, 2.24) is 0 Å². The first-order chi connectivity index (χ1) is 35.8. The molecule has 0 radical (unpaired) electrons. The van der Waals surface area contributed by atoms with Gasteiger partial charge in [0, 0.05) is 47.3 Å². The van der Waals surface area contributed by atoms with Crippen molar-refractivity contribution in [2.75, 3.05) is 13.2 Å². The molecule has 3 fully saturated rings. The topological polar surface area (TPSA) is 365 Å². The van der Waals surface area contributed by atoms with Crippen LogP contribution in [0.2, 0.25) is 0 Å². The van der Waals surface area contributed by atoms with Gasteiger partial charge in [0.1, 0.15) is 37.1 Å². The number of carbonyl (C=O) groups is 4. The summed E-state index contributed by atoms with van der Waals surface area (Å²) in [7, 11) is 0. The number of ether oxygens (including phenoxy) is 11. The van der Waals surface area contributed by atoms with E-state index in [9.17, 15) is 41.3 Å². The third-order valence-corrected chi connectivity index (χ3v) is 11.8. The van der Waals surface area contributed by atoms with E-state index < -0.39 is 122 Å². The number of benzene rings is 3. The van der Waals surface area contributed by atoms with E-state index in [2.05, 4.69) is 40.1 Å². The van der Waals surface area contributed by atoms with E-state index in [0.29, 0.717) is 5.56 Å². The molecule has 3 aliphatic rings. The molecule has 1 aliphatic carbocycles. The summed E-state index contributed by atoms with van der Waals surface area (Å²) in [6.45, 7) is 3.09. The van der Waals surface area contributed by atoms with Crippen molar-refractivity contribution in [1.29, 1.82) is 0 Å². The monoisotopic (exact) mass is 1030 g/mol. The van der Waals surface area contributed by atoms with Crippen LogP contribution in [0.4, 0.5) is 0 Å². The highest BCUT2D eigenvalue weighted by Gasteiger charge is 2.57. The predicted octanol–water partition coefficient (Wildman–Crippen LogP) is 7.07. The van der Waals surface area contributed by atoms with Gasteiger partial charge in [-0.1, -0.05) is 111 Å². The van der Waals surface area contributed by atoms with Gasteiger partial charge in [-0.2, -0.15) is 0 Å². The van der Waals surface area contributed by atoms with Crippen molar-refractivity contribution in [3.8, 4) is 0 Å². The third kappa shape index (κ3) is 15.5. The maximum atomic E-state index is 12.9. The summed E-state index contributed by atoms with van der Waals surface area (Å²) in [5.74, 6) is -3.52. The Balaban J connectivity index is 1.51. The van der Waals surface area contributed by atoms with E-state index >= 15 is 0 Å². The van der Waals surface area contributed by atoms with E-state index in [1.165, 1.54) is 0 Å². The fourth-order valence-electron chi connectivity index (χ4n) is 8.78. The summed E-state index contributed by atoms with van der Waals surface area (Å²) in [5, 5.41) is 16.0. The first-order valence-corrected chi connectivity index (χ1v) is 23.2. The number of carbonyl (C=O) groups excluding carboxylic acids is 4. The van der Waals surface area contributed by atoms with Crippen LogP contribution in [-0.4, -0.2) is 129 Å². The molecule has 0 bridgehead atoms. The second kappa shape index (κ2) is 28.1. The summed E-state index contributed by atoms with van der Waals surface area (Å²) in [5.41, 5.74) is 42.0. The Hall–Kier alpha value is -7.50. The van der Waals surface area contributed by atoms with Crippen molar-refractivity contribution >= 4 is 23.9 Å². The maximum Gasteiger partial charge on any atom is 0.303 e. The van der Waals surface area contributed by atoms with Gasteiger partial charge in [0.05, 0.1) is 56.8 Å². The Morgan fingerprint density at radius 3 is 1.46 bits per heavy atom. The highest BCUT2D eigenvalue weighted by atomic mass is 16.8. The molecule has 2 heterocycles. The van der Waals surface area contributed by atoms with Crippen LogP contribution in [0.3, 0.4) is 0 Å². The number of rotatable bonds is 23. The van der Waals surface area contributed by atoms with Gasteiger partial charge in [0.25, 0.3) is 0 Å². The van der Waals surface area contributed by atoms with E-state index in [0.717, 1.165) is 38.8 Å². The van der Waals surface area contributed by atoms with Crippen molar-refractivity contribution in [3.63, 3.8) is 0 Å². The lowest BCUT2D eigenvalue weighted by Gasteiger charge is -2.50. The first kappa shape index (κ1) is 55.8. The normalized spacial score (nSPS) is 29.3. The molecule has 0 N–H and O–H groups in total. The number of hydrogen-bond acceptors (Lipinski definition) is 19. The van der Waals surface area contributed by atoms with Crippen LogP contribution in [0.25, 0.3) is 41.8 Å². The van der Waals surface area contributed by atoms with Crippen molar-refractivity contribution in [2.45, 2.75) is 146 Å². The Morgan fingerprint density at radius 2 is 0.959 bits per heavy atom. The minimum atomic E-state index is -1.89. The molecule has 15 atom stereocenters. The van der Waals surface area contributed by atoms with Crippen LogP contribution in [0.15, 0.2) is 111 Å². The number of esters is 4. The van der Waals surface area contributed by atoms with Gasteiger partial charge < -0.3 is 52.1 Å².